The first-order valence-electron chi connectivity index (χ1n) is 17.8. The van der Waals surface area contributed by atoms with Crippen LogP contribution in [-0.4, -0.2) is 165 Å². The summed E-state index contributed by atoms with van der Waals surface area (Å²) >= 11 is 0. The molecule has 0 spiro atoms. The number of aliphatic hydroxyl groups is 4. The summed E-state index contributed by atoms with van der Waals surface area (Å²) in [6, 6.07) is 6.56. The van der Waals surface area contributed by atoms with Crippen LogP contribution in [0.2, 0.25) is 0 Å². The largest absolute Gasteiger partial charge is 1.00 e. The monoisotopic (exact) mass is 1120 g/mol. The molecule has 4 aromatic rings. The van der Waals surface area contributed by atoms with Crippen molar-refractivity contribution in [2.75, 3.05) is 82.8 Å². The van der Waals surface area contributed by atoms with Gasteiger partial charge in [0.05, 0.1) is 67.0 Å². The Morgan fingerprint density at radius 1 is 0.507 bits per heavy atom. The van der Waals surface area contributed by atoms with Gasteiger partial charge in [-0.3, -0.25) is 0 Å². The van der Waals surface area contributed by atoms with Crippen LogP contribution >= 0.6 is 0 Å². The molecule has 0 saturated heterocycles. The normalized spacial score (nSPS) is 12.5. The minimum atomic E-state index is -5.27. The molecule has 0 radical (unpaired) electrons. The molecule has 0 aliphatic heterocycles. The van der Waals surface area contributed by atoms with E-state index in [4.69, 9.17) is 10.2 Å². The Morgan fingerprint density at radius 3 is 1.19 bits per heavy atom. The smallest absolute Gasteiger partial charge is 0.748 e. The molecule has 2 aromatic carbocycles. The SMILES string of the molecule is O=S(=O)([O-])CCNc1nc(NCCC(O)CO)nc(Nc2ccc(C=Cc3ccc(Nc4nc(NCCS(=O)(=O)[O-])nc(NCC(O)CO)n4)cc3S(=O)(=O)[O-])c(S(=O)(=O)[O-])c2)n1.[K+].[K+].[K+].[K+]. The second-order valence-electron chi connectivity index (χ2n) is 12.8. The van der Waals surface area contributed by atoms with Crippen molar-refractivity contribution in [2.24, 2.45) is 0 Å². The molecule has 2 aromatic heterocycles. The van der Waals surface area contributed by atoms with E-state index in [0.29, 0.717) is 0 Å². The quantitative estimate of drug-likeness (QED) is 0.0167. The summed E-state index contributed by atoms with van der Waals surface area (Å²) in [5.41, 5.74) is -0.731. The van der Waals surface area contributed by atoms with Crippen molar-refractivity contribution in [2.45, 2.75) is 28.4 Å². The molecule has 0 saturated carbocycles. The van der Waals surface area contributed by atoms with Crippen molar-refractivity contribution < 1.29 is 278 Å². The van der Waals surface area contributed by atoms with Crippen molar-refractivity contribution in [1.29, 1.82) is 0 Å². The Hall–Kier alpha value is 1.03. The second-order valence-corrected chi connectivity index (χ2v) is 18.5. The van der Waals surface area contributed by atoms with Gasteiger partial charge >= 0.3 is 206 Å². The number of nitrogens with zero attached hydrogens (tertiary/aromatic N) is 6. The Morgan fingerprint density at radius 2 is 0.851 bits per heavy atom. The predicted molar refractivity (Wildman–Crippen MR) is 218 cm³/mol. The van der Waals surface area contributed by atoms with Gasteiger partial charge in [0, 0.05) is 37.6 Å². The van der Waals surface area contributed by atoms with Gasteiger partial charge in [0.25, 0.3) is 0 Å². The van der Waals surface area contributed by atoms with Crippen molar-refractivity contribution in [3.05, 3.63) is 47.5 Å². The van der Waals surface area contributed by atoms with Gasteiger partial charge in [0.2, 0.25) is 35.7 Å². The van der Waals surface area contributed by atoms with Gasteiger partial charge in [0.15, 0.2) is 0 Å². The second kappa shape index (κ2) is 31.7. The number of aromatic nitrogens is 6. The van der Waals surface area contributed by atoms with Gasteiger partial charge in [-0.15, -0.1) is 0 Å². The average Bonchev–Trinajstić information content (AvgIpc) is 3.18. The van der Waals surface area contributed by atoms with Crippen LogP contribution in [0.4, 0.5) is 47.1 Å². The zero-order valence-corrected chi connectivity index (χ0v) is 51.9. The summed E-state index contributed by atoms with van der Waals surface area (Å²) in [7, 11) is -19.8. The van der Waals surface area contributed by atoms with Gasteiger partial charge in [0.1, 0.15) is 20.2 Å². The minimum absolute atomic E-state index is 0. The van der Waals surface area contributed by atoms with Crippen LogP contribution in [0.25, 0.3) is 12.2 Å². The van der Waals surface area contributed by atoms with Crippen LogP contribution in [0, 0.1) is 0 Å². The van der Waals surface area contributed by atoms with E-state index in [1.165, 1.54) is 12.1 Å². The molecule has 10 N–H and O–H groups in total. The zero-order chi connectivity index (χ0) is 46.6. The van der Waals surface area contributed by atoms with Gasteiger partial charge in [-0.05, 0) is 41.8 Å². The number of nitrogens with one attached hydrogen (secondary N) is 6. The number of anilines is 8. The maximum Gasteiger partial charge on any atom is 1.00 e. The molecule has 36 heteroatoms. The summed E-state index contributed by atoms with van der Waals surface area (Å²) in [6.07, 6.45) is -0.209. The Kier molecular flexibility index (Phi) is 32.2. The number of hydrogen-bond donors (Lipinski definition) is 10. The van der Waals surface area contributed by atoms with Crippen LogP contribution in [-0.2, 0) is 40.5 Å². The molecule has 67 heavy (non-hydrogen) atoms. The topological polar surface area (TPSA) is 459 Å². The molecule has 0 amide bonds. The zero-order valence-electron chi connectivity index (χ0n) is 36.1. The molecular formula is C31H38K4N12O16S4. The van der Waals surface area contributed by atoms with Crippen molar-refractivity contribution in [1.82, 2.24) is 29.9 Å². The molecule has 0 bridgehead atoms. The third-order valence-corrected chi connectivity index (χ3v) is 10.9. The summed E-state index contributed by atoms with van der Waals surface area (Å²) in [6.45, 7) is -2.23. The van der Waals surface area contributed by atoms with Gasteiger partial charge in [-0.2, -0.15) is 29.9 Å². The molecule has 0 aliphatic rings. The fourth-order valence-corrected chi connectivity index (χ4v) is 6.94. The van der Waals surface area contributed by atoms with E-state index < -0.39 is 100 Å². The standard InChI is InChI=1S/C31H42N12O16S4.4K/c44-16-22(46)7-8-32-26-38-27(33-9-11-60(48,49)50)41-30(40-26)36-20-5-3-18(24(13-20)62(54,55)56)1-2-19-4-6-21(14-25(19)63(57,58)59)37-31-42-28(34-10-12-61(51,52)53)39-29(43-31)35-15-23(47)17-45;;;;/h1-6,13-14,22-23,44-47H,7-12,15-17H2,(H,48,49,50)(H,51,52,53)(H,54,55,56)(H,57,58,59)(H3,32,33,36,38,40,41)(H3,34,35,37,39,42,43);;;;/q;4*+1/p-4. The number of hydrogen-bond acceptors (Lipinski definition) is 28. The minimum Gasteiger partial charge on any atom is -0.748 e. The molecule has 2 atom stereocenters. The van der Waals surface area contributed by atoms with E-state index in [1.54, 1.807) is 0 Å². The van der Waals surface area contributed by atoms with Crippen molar-refractivity contribution in [3.63, 3.8) is 0 Å². The maximum atomic E-state index is 12.4. The Balaban J connectivity index is 0.0000109. The predicted octanol–water partition coefficient (Wildman–Crippen LogP) is -14.6. The third-order valence-electron chi connectivity index (χ3n) is 7.74. The fourth-order valence-electron chi connectivity index (χ4n) is 4.84. The first kappa shape index (κ1) is 68.0. The molecular weight excluding hydrogens is 1080 g/mol. The summed E-state index contributed by atoms with van der Waals surface area (Å²) < 4.78 is 141. The fraction of sp³-hybridized carbons (Fsp3) is 0.355. The molecule has 346 valence electrons. The van der Waals surface area contributed by atoms with E-state index in [1.807, 2.05) is 0 Å². The van der Waals surface area contributed by atoms with Crippen LogP contribution in [0.3, 0.4) is 0 Å². The van der Waals surface area contributed by atoms with Gasteiger partial charge < -0.3 is 70.5 Å². The molecule has 0 aliphatic carbocycles. The summed E-state index contributed by atoms with van der Waals surface area (Å²) in [5, 5.41) is 53.1. The number of benzene rings is 2. The number of rotatable bonds is 25. The number of aliphatic hydroxyl groups excluding tert-OH is 4. The van der Waals surface area contributed by atoms with E-state index in [-0.39, 0.29) is 283 Å². The van der Waals surface area contributed by atoms with E-state index in [9.17, 15) is 62.1 Å². The molecule has 28 nitrogen and oxygen atoms in total. The van der Waals surface area contributed by atoms with Crippen LogP contribution in [0.15, 0.2) is 46.2 Å². The van der Waals surface area contributed by atoms with Crippen molar-refractivity contribution in [3.8, 4) is 0 Å². The van der Waals surface area contributed by atoms with Crippen LogP contribution in [0.5, 0.6) is 0 Å². The summed E-state index contributed by atoms with van der Waals surface area (Å²) in [4.78, 5) is 22.5. The molecule has 4 rings (SSSR count). The molecule has 0 fully saturated rings. The average molecular weight is 1120 g/mol. The summed E-state index contributed by atoms with van der Waals surface area (Å²) in [5.74, 6) is -3.20. The van der Waals surface area contributed by atoms with Crippen LogP contribution in [0.1, 0.15) is 17.5 Å². The van der Waals surface area contributed by atoms with Crippen LogP contribution < -0.4 is 237 Å². The van der Waals surface area contributed by atoms with Gasteiger partial charge in [-0.25, -0.2) is 33.7 Å². The Bertz CT molecular complexity index is 2740. The Labute approximate surface area is 555 Å². The van der Waals surface area contributed by atoms with Gasteiger partial charge in [-0.1, -0.05) is 24.3 Å². The first-order valence-corrected chi connectivity index (χ1v) is 23.7. The first-order chi connectivity index (χ1) is 29.4. The third kappa shape index (κ3) is 25.7. The van der Waals surface area contributed by atoms with E-state index in [2.05, 4.69) is 61.8 Å². The maximum absolute atomic E-state index is 12.4. The van der Waals surface area contributed by atoms with E-state index in [0.717, 1.165) is 36.4 Å². The molecule has 2 unspecified atom stereocenters. The van der Waals surface area contributed by atoms with E-state index >= 15 is 0 Å². The van der Waals surface area contributed by atoms with Crippen molar-refractivity contribution >= 4 is 99.7 Å². The molecule has 2 heterocycles.